The summed E-state index contributed by atoms with van der Waals surface area (Å²) >= 11 is 0. The molecule has 0 atom stereocenters. The molecule has 0 aliphatic heterocycles. The number of aryl methyl sites for hydroxylation is 3. The van der Waals surface area contributed by atoms with Gasteiger partial charge < -0.3 is 0 Å². The van der Waals surface area contributed by atoms with E-state index in [0.29, 0.717) is 29.9 Å². The zero-order valence-corrected chi connectivity index (χ0v) is 18.7. The monoisotopic (exact) mass is 445 g/mol. The van der Waals surface area contributed by atoms with Crippen LogP contribution in [0.3, 0.4) is 0 Å². The number of imidazole rings is 2. The lowest BCUT2D eigenvalue weighted by Gasteiger charge is -2.09. The summed E-state index contributed by atoms with van der Waals surface area (Å²) in [5.74, 6) is 0.0107. The van der Waals surface area contributed by atoms with Crippen molar-refractivity contribution in [3.63, 3.8) is 0 Å². The molecule has 0 unspecified atom stereocenters. The van der Waals surface area contributed by atoms with Crippen LogP contribution in [-0.2, 0) is 20.0 Å². The molecule has 0 saturated carbocycles. The van der Waals surface area contributed by atoms with E-state index in [9.17, 15) is 14.0 Å². The second-order valence-corrected chi connectivity index (χ2v) is 8.26. The molecule has 0 spiro atoms. The van der Waals surface area contributed by atoms with Crippen LogP contribution in [0.15, 0.2) is 64.2 Å². The van der Waals surface area contributed by atoms with Gasteiger partial charge in [0.25, 0.3) is 5.56 Å². The standard InChI is InChI=1S/C25H24FN5O2/c1-16-17(2)31-21-22(27-24(31)30(16)20-14-8-7-13-19(20)26)28(3)25(33)29(23(21)32)15-9-12-18-10-5-4-6-11-18/h4-8,10-11,13-14H,9,12,15H2,1-3H3. The van der Waals surface area contributed by atoms with Crippen molar-refractivity contribution in [3.05, 3.63) is 98.2 Å². The van der Waals surface area contributed by atoms with Crippen molar-refractivity contribution < 1.29 is 4.39 Å². The molecule has 0 radical (unpaired) electrons. The first kappa shape index (κ1) is 20.9. The highest BCUT2D eigenvalue weighted by Gasteiger charge is 2.24. The SMILES string of the molecule is Cc1c(C)n2c3c(=O)n(CCCc4ccccc4)c(=O)n(C)c3nc2n1-c1ccccc1F. The minimum absolute atomic E-state index is 0.285. The molecule has 5 rings (SSSR count). The van der Waals surface area contributed by atoms with Crippen LogP contribution >= 0.6 is 0 Å². The highest BCUT2D eigenvalue weighted by molar-refractivity contribution is 5.77. The number of aromatic nitrogens is 5. The zero-order chi connectivity index (χ0) is 23.3. The summed E-state index contributed by atoms with van der Waals surface area (Å²) in [6.07, 6.45) is 1.42. The number of rotatable bonds is 5. The van der Waals surface area contributed by atoms with Crippen LogP contribution in [0.5, 0.6) is 0 Å². The van der Waals surface area contributed by atoms with E-state index < -0.39 is 11.5 Å². The number of fused-ring (bicyclic) bond motifs is 3. The van der Waals surface area contributed by atoms with Gasteiger partial charge in [0.1, 0.15) is 5.82 Å². The molecule has 0 fully saturated rings. The molecule has 0 aliphatic rings. The highest BCUT2D eigenvalue weighted by Crippen LogP contribution is 2.25. The molecule has 0 amide bonds. The van der Waals surface area contributed by atoms with Crippen molar-refractivity contribution in [2.75, 3.05) is 0 Å². The normalized spacial score (nSPS) is 11.6. The average molecular weight is 445 g/mol. The fourth-order valence-electron chi connectivity index (χ4n) is 4.46. The molecule has 3 heterocycles. The molecule has 3 aromatic heterocycles. The van der Waals surface area contributed by atoms with Gasteiger partial charge in [-0.15, -0.1) is 0 Å². The van der Waals surface area contributed by atoms with E-state index in [1.807, 2.05) is 44.2 Å². The average Bonchev–Trinajstić information content (AvgIpc) is 3.31. The molecule has 7 nitrogen and oxygen atoms in total. The third kappa shape index (κ3) is 3.21. The van der Waals surface area contributed by atoms with Crippen LogP contribution < -0.4 is 11.2 Å². The Morgan fingerprint density at radius 3 is 2.36 bits per heavy atom. The largest absolute Gasteiger partial charge is 0.332 e. The number of hydrogen-bond donors (Lipinski definition) is 0. The third-order valence-corrected chi connectivity index (χ3v) is 6.30. The molecule has 0 aliphatic carbocycles. The van der Waals surface area contributed by atoms with Crippen LogP contribution in [-0.4, -0.2) is 23.1 Å². The molecule has 2 aromatic carbocycles. The number of para-hydroxylation sites is 1. The first-order chi connectivity index (χ1) is 15.9. The van der Waals surface area contributed by atoms with Crippen molar-refractivity contribution in [2.45, 2.75) is 33.2 Å². The number of nitrogens with zero attached hydrogens (tertiary/aromatic N) is 5. The van der Waals surface area contributed by atoms with Crippen LogP contribution in [0.2, 0.25) is 0 Å². The van der Waals surface area contributed by atoms with Crippen LogP contribution in [0, 0.1) is 19.7 Å². The van der Waals surface area contributed by atoms with Crippen molar-refractivity contribution in [1.82, 2.24) is 23.1 Å². The first-order valence-electron chi connectivity index (χ1n) is 10.9. The summed E-state index contributed by atoms with van der Waals surface area (Å²) in [5, 5.41) is 0. The van der Waals surface area contributed by atoms with Crippen molar-refractivity contribution >= 4 is 16.9 Å². The quantitative estimate of drug-likeness (QED) is 0.416. The number of hydrogen-bond acceptors (Lipinski definition) is 3. The molecule has 0 bridgehead atoms. The molecule has 168 valence electrons. The molecular formula is C25H24FN5O2. The molecule has 8 heteroatoms. The lowest BCUT2D eigenvalue weighted by atomic mass is 10.1. The molecule has 33 heavy (non-hydrogen) atoms. The lowest BCUT2D eigenvalue weighted by molar-refractivity contribution is 0.572. The Balaban J connectivity index is 1.69. The van der Waals surface area contributed by atoms with E-state index in [-0.39, 0.29) is 11.2 Å². The van der Waals surface area contributed by atoms with E-state index in [4.69, 9.17) is 0 Å². The van der Waals surface area contributed by atoms with Crippen LogP contribution in [0.25, 0.3) is 22.6 Å². The lowest BCUT2D eigenvalue weighted by Crippen LogP contribution is -2.39. The van der Waals surface area contributed by atoms with E-state index in [2.05, 4.69) is 4.98 Å². The van der Waals surface area contributed by atoms with E-state index in [0.717, 1.165) is 23.4 Å². The summed E-state index contributed by atoms with van der Waals surface area (Å²) in [6, 6.07) is 16.4. The van der Waals surface area contributed by atoms with Gasteiger partial charge >= 0.3 is 5.69 Å². The van der Waals surface area contributed by atoms with Gasteiger partial charge in [-0.25, -0.2) is 9.18 Å². The predicted molar refractivity (Wildman–Crippen MR) is 126 cm³/mol. The maximum absolute atomic E-state index is 14.6. The summed E-state index contributed by atoms with van der Waals surface area (Å²) in [7, 11) is 1.61. The smallest absolute Gasteiger partial charge is 0.280 e. The minimum atomic E-state index is -0.409. The van der Waals surface area contributed by atoms with Crippen molar-refractivity contribution in [3.8, 4) is 5.69 Å². The maximum atomic E-state index is 14.6. The molecule has 5 aromatic rings. The van der Waals surface area contributed by atoms with Crippen molar-refractivity contribution in [1.29, 1.82) is 0 Å². The van der Waals surface area contributed by atoms with Gasteiger partial charge in [-0.3, -0.25) is 22.9 Å². The Labute approximate surface area is 189 Å². The molecule has 0 N–H and O–H groups in total. The predicted octanol–water partition coefficient (Wildman–Crippen LogP) is 3.53. The van der Waals surface area contributed by atoms with Gasteiger partial charge in [0, 0.05) is 25.0 Å². The van der Waals surface area contributed by atoms with Gasteiger partial charge in [0.2, 0.25) is 5.78 Å². The minimum Gasteiger partial charge on any atom is -0.280 e. The Morgan fingerprint density at radius 1 is 0.939 bits per heavy atom. The van der Waals surface area contributed by atoms with Gasteiger partial charge in [-0.2, -0.15) is 4.98 Å². The van der Waals surface area contributed by atoms with Crippen molar-refractivity contribution in [2.24, 2.45) is 7.05 Å². The summed E-state index contributed by atoms with van der Waals surface area (Å²) < 4.78 is 20.7. The number of halogens is 1. The molecule has 0 saturated heterocycles. The van der Waals surface area contributed by atoms with Gasteiger partial charge in [-0.05, 0) is 44.4 Å². The maximum Gasteiger partial charge on any atom is 0.332 e. The van der Waals surface area contributed by atoms with Crippen LogP contribution in [0.4, 0.5) is 4.39 Å². The summed E-state index contributed by atoms with van der Waals surface area (Å²) in [6.45, 7) is 4.03. The fourth-order valence-corrected chi connectivity index (χ4v) is 4.46. The van der Waals surface area contributed by atoms with Gasteiger partial charge in [-0.1, -0.05) is 42.5 Å². The summed E-state index contributed by atoms with van der Waals surface area (Å²) in [5.41, 5.74) is 2.85. The van der Waals surface area contributed by atoms with Gasteiger partial charge in [0.05, 0.1) is 5.69 Å². The Bertz CT molecular complexity index is 1620. The van der Waals surface area contributed by atoms with E-state index >= 15 is 0 Å². The number of benzene rings is 2. The Morgan fingerprint density at radius 2 is 1.64 bits per heavy atom. The molecular weight excluding hydrogens is 421 g/mol. The van der Waals surface area contributed by atoms with Crippen LogP contribution in [0.1, 0.15) is 23.4 Å². The Kier molecular flexibility index (Phi) is 5.00. The second-order valence-electron chi connectivity index (χ2n) is 8.26. The topological polar surface area (TPSA) is 66.2 Å². The Hall–Kier alpha value is -3.94. The highest BCUT2D eigenvalue weighted by atomic mass is 19.1. The second kappa shape index (κ2) is 7.88. The zero-order valence-electron chi connectivity index (χ0n) is 18.7. The third-order valence-electron chi connectivity index (χ3n) is 6.30. The van der Waals surface area contributed by atoms with E-state index in [1.54, 1.807) is 34.2 Å². The van der Waals surface area contributed by atoms with E-state index in [1.165, 1.54) is 15.2 Å². The van der Waals surface area contributed by atoms with Gasteiger partial charge in [0.15, 0.2) is 11.2 Å². The summed E-state index contributed by atoms with van der Waals surface area (Å²) in [4.78, 5) is 31.1. The fraction of sp³-hybridized carbons (Fsp3) is 0.240. The first-order valence-corrected chi connectivity index (χ1v) is 10.9.